The number of rotatable bonds is 6. The van der Waals surface area contributed by atoms with Crippen molar-refractivity contribution < 1.29 is 5.11 Å². The molecule has 2 rings (SSSR count). The first kappa shape index (κ1) is 14.0. The molecule has 0 unspecified atom stereocenters. The maximum Gasteiger partial charge on any atom is 0.0595 e. The van der Waals surface area contributed by atoms with Crippen molar-refractivity contribution in [3.8, 4) is 0 Å². The summed E-state index contributed by atoms with van der Waals surface area (Å²) in [6, 6.07) is 12.3. The largest absolute Gasteiger partial charge is 0.396 e. The topological polar surface area (TPSA) is 45.1 Å². The molecule has 0 spiro atoms. The van der Waals surface area contributed by atoms with E-state index in [2.05, 4.69) is 38.4 Å². The zero-order valence-electron chi connectivity index (χ0n) is 10.6. The number of hydrogen-bond acceptors (Lipinski definition) is 3. The number of halogens is 1. The van der Waals surface area contributed by atoms with Crippen LogP contribution in [0.1, 0.15) is 17.7 Å². The van der Waals surface area contributed by atoms with Gasteiger partial charge < -0.3 is 10.4 Å². The molecule has 0 aliphatic carbocycles. The van der Waals surface area contributed by atoms with E-state index < -0.39 is 0 Å². The van der Waals surface area contributed by atoms with E-state index in [0.717, 1.165) is 28.7 Å². The van der Waals surface area contributed by atoms with Gasteiger partial charge in [0.25, 0.3) is 0 Å². The van der Waals surface area contributed by atoms with Gasteiger partial charge in [-0.15, -0.1) is 0 Å². The summed E-state index contributed by atoms with van der Waals surface area (Å²) >= 11 is 3.37. The molecule has 0 saturated heterocycles. The maximum absolute atomic E-state index is 8.84. The number of nitrogens with one attached hydrogen (secondary N) is 1. The van der Waals surface area contributed by atoms with Crippen LogP contribution in [0.3, 0.4) is 0 Å². The Morgan fingerprint density at radius 2 is 2.11 bits per heavy atom. The summed E-state index contributed by atoms with van der Waals surface area (Å²) in [6.07, 6.45) is 3.51. The lowest BCUT2D eigenvalue weighted by atomic mass is 10.1. The fraction of sp³-hybridized carbons (Fsp3) is 0.267. The predicted octanol–water partition coefficient (Wildman–Crippen LogP) is 3.38. The number of hydrogen-bond donors (Lipinski definition) is 2. The number of aromatic nitrogens is 1. The quantitative estimate of drug-likeness (QED) is 0.857. The van der Waals surface area contributed by atoms with Gasteiger partial charge in [-0.05, 0) is 58.6 Å². The minimum absolute atomic E-state index is 0.237. The summed E-state index contributed by atoms with van der Waals surface area (Å²) in [7, 11) is 0. The van der Waals surface area contributed by atoms with Crippen LogP contribution >= 0.6 is 15.9 Å². The molecular weight excluding hydrogens is 304 g/mol. The van der Waals surface area contributed by atoms with Crippen LogP contribution in [-0.4, -0.2) is 16.7 Å². The maximum atomic E-state index is 8.84. The van der Waals surface area contributed by atoms with Crippen molar-refractivity contribution in [2.45, 2.75) is 19.4 Å². The molecule has 0 saturated carbocycles. The Kier molecular flexibility index (Phi) is 5.36. The molecule has 0 bridgehead atoms. The predicted molar refractivity (Wildman–Crippen MR) is 81.1 cm³/mol. The minimum Gasteiger partial charge on any atom is -0.396 e. The van der Waals surface area contributed by atoms with Crippen molar-refractivity contribution in [3.05, 3.63) is 58.3 Å². The Labute approximate surface area is 121 Å². The highest BCUT2D eigenvalue weighted by Gasteiger charge is 1.98. The van der Waals surface area contributed by atoms with Crippen molar-refractivity contribution in [1.29, 1.82) is 0 Å². The van der Waals surface area contributed by atoms with E-state index in [1.165, 1.54) is 5.56 Å². The van der Waals surface area contributed by atoms with E-state index in [4.69, 9.17) is 5.11 Å². The SMILES string of the molecule is OCCCc1cccc(NCc2ccc(Br)cn2)c1. The Bertz CT molecular complexity index is 514. The molecule has 0 radical (unpaired) electrons. The normalized spacial score (nSPS) is 10.4. The molecule has 0 amide bonds. The van der Waals surface area contributed by atoms with Crippen LogP contribution in [-0.2, 0) is 13.0 Å². The first-order chi connectivity index (χ1) is 9.28. The average Bonchev–Trinajstić information content (AvgIpc) is 2.45. The molecule has 19 heavy (non-hydrogen) atoms. The number of anilines is 1. The van der Waals surface area contributed by atoms with Crippen LogP contribution in [0, 0.1) is 0 Å². The van der Waals surface area contributed by atoms with Crippen LogP contribution in [0.15, 0.2) is 47.1 Å². The summed E-state index contributed by atoms with van der Waals surface area (Å²) in [4.78, 5) is 4.32. The molecule has 0 fully saturated rings. The molecule has 3 nitrogen and oxygen atoms in total. The summed E-state index contributed by atoms with van der Waals surface area (Å²) in [5.41, 5.74) is 3.33. The van der Waals surface area contributed by atoms with Crippen molar-refractivity contribution >= 4 is 21.6 Å². The molecule has 1 aromatic carbocycles. The lowest BCUT2D eigenvalue weighted by Crippen LogP contribution is -2.01. The van der Waals surface area contributed by atoms with Gasteiger partial charge in [0.05, 0.1) is 12.2 Å². The summed E-state index contributed by atoms with van der Waals surface area (Å²) in [5.74, 6) is 0. The molecule has 4 heteroatoms. The number of nitrogens with zero attached hydrogens (tertiary/aromatic N) is 1. The molecule has 1 aromatic heterocycles. The van der Waals surface area contributed by atoms with E-state index >= 15 is 0 Å². The van der Waals surface area contributed by atoms with Crippen molar-refractivity contribution in [2.24, 2.45) is 0 Å². The number of aryl methyl sites for hydroxylation is 1. The van der Waals surface area contributed by atoms with Crippen LogP contribution in [0.4, 0.5) is 5.69 Å². The number of aliphatic hydroxyl groups is 1. The second-order valence-corrected chi connectivity index (χ2v) is 5.26. The molecule has 1 heterocycles. The molecular formula is C15H17BrN2O. The van der Waals surface area contributed by atoms with Gasteiger partial charge in [-0.2, -0.15) is 0 Å². The number of aliphatic hydroxyl groups excluding tert-OH is 1. The fourth-order valence-electron chi connectivity index (χ4n) is 1.82. The highest BCUT2D eigenvalue weighted by Crippen LogP contribution is 2.14. The van der Waals surface area contributed by atoms with Crippen LogP contribution < -0.4 is 5.32 Å². The fourth-order valence-corrected chi connectivity index (χ4v) is 2.06. The van der Waals surface area contributed by atoms with Crippen LogP contribution in [0.25, 0.3) is 0 Å². The first-order valence-corrected chi connectivity index (χ1v) is 7.11. The third-order valence-corrected chi connectivity index (χ3v) is 3.28. The average molecular weight is 321 g/mol. The van der Waals surface area contributed by atoms with Gasteiger partial charge in [-0.25, -0.2) is 0 Å². The second-order valence-electron chi connectivity index (χ2n) is 4.35. The second kappa shape index (κ2) is 7.26. The van der Waals surface area contributed by atoms with E-state index in [0.29, 0.717) is 6.54 Å². The van der Waals surface area contributed by atoms with Gasteiger partial charge in [-0.1, -0.05) is 12.1 Å². The Morgan fingerprint density at radius 3 is 2.84 bits per heavy atom. The molecule has 0 aliphatic rings. The van der Waals surface area contributed by atoms with E-state index in [1.54, 1.807) is 6.20 Å². The highest BCUT2D eigenvalue weighted by atomic mass is 79.9. The van der Waals surface area contributed by atoms with Gasteiger partial charge in [0.1, 0.15) is 0 Å². The highest BCUT2D eigenvalue weighted by molar-refractivity contribution is 9.10. The van der Waals surface area contributed by atoms with Crippen molar-refractivity contribution in [1.82, 2.24) is 4.98 Å². The van der Waals surface area contributed by atoms with Gasteiger partial charge in [0.2, 0.25) is 0 Å². The van der Waals surface area contributed by atoms with Crippen molar-refractivity contribution in [3.63, 3.8) is 0 Å². The smallest absolute Gasteiger partial charge is 0.0595 e. The number of pyridine rings is 1. The minimum atomic E-state index is 0.237. The van der Waals surface area contributed by atoms with Gasteiger partial charge in [0, 0.05) is 23.0 Å². The number of benzene rings is 1. The molecule has 2 aromatic rings. The van der Waals surface area contributed by atoms with Gasteiger partial charge >= 0.3 is 0 Å². The molecule has 0 atom stereocenters. The van der Waals surface area contributed by atoms with E-state index in [-0.39, 0.29) is 6.61 Å². The Hall–Kier alpha value is -1.39. The molecule has 100 valence electrons. The van der Waals surface area contributed by atoms with Gasteiger partial charge in [0.15, 0.2) is 0 Å². The zero-order chi connectivity index (χ0) is 13.5. The summed E-state index contributed by atoms with van der Waals surface area (Å²) in [5, 5.41) is 12.2. The van der Waals surface area contributed by atoms with Crippen LogP contribution in [0.2, 0.25) is 0 Å². The summed E-state index contributed by atoms with van der Waals surface area (Å²) < 4.78 is 0.988. The monoisotopic (exact) mass is 320 g/mol. The third kappa shape index (κ3) is 4.65. The Morgan fingerprint density at radius 1 is 1.21 bits per heavy atom. The van der Waals surface area contributed by atoms with Gasteiger partial charge in [-0.3, -0.25) is 4.98 Å². The standard InChI is InChI=1S/C15H17BrN2O/c16-13-6-7-15(17-10-13)11-18-14-5-1-3-12(9-14)4-2-8-19/h1,3,5-7,9-10,18-19H,2,4,8,11H2. The first-order valence-electron chi connectivity index (χ1n) is 6.32. The van der Waals surface area contributed by atoms with E-state index in [9.17, 15) is 0 Å². The lowest BCUT2D eigenvalue weighted by molar-refractivity contribution is 0.288. The molecule has 0 aliphatic heterocycles. The van der Waals surface area contributed by atoms with E-state index in [1.807, 2.05) is 24.3 Å². The van der Waals surface area contributed by atoms with Crippen molar-refractivity contribution in [2.75, 3.05) is 11.9 Å². The lowest BCUT2D eigenvalue weighted by Gasteiger charge is -2.08. The van der Waals surface area contributed by atoms with Crippen LogP contribution in [0.5, 0.6) is 0 Å². The Balaban J connectivity index is 1.93. The molecule has 2 N–H and O–H groups in total. The third-order valence-electron chi connectivity index (χ3n) is 2.81. The zero-order valence-corrected chi connectivity index (χ0v) is 12.2. The summed E-state index contributed by atoms with van der Waals surface area (Å²) in [6.45, 7) is 0.942.